The molecule has 2 aromatic carbocycles. The fraction of sp³-hybridized carbons (Fsp3) is 0.333. The highest BCUT2D eigenvalue weighted by molar-refractivity contribution is 5.51. The van der Waals surface area contributed by atoms with Gasteiger partial charge in [-0.3, -0.25) is 0 Å². The highest BCUT2D eigenvalue weighted by Gasteiger charge is 2.10. The van der Waals surface area contributed by atoms with E-state index in [0.29, 0.717) is 0 Å². The van der Waals surface area contributed by atoms with Gasteiger partial charge >= 0.3 is 0 Å². The summed E-state index contributed by atoms with van der Waals surface area (Å²) >= 11 is 0. The van der Waals surface area contributed by atoms with Gasteiger partial charge in [0, 0.05) is 11.7 Å². The normalized spacial score (nSPS) is 11.9. The first-order valence-corrected chi connectivity index (χ1v) is 7.10. The van der Waals surface area contributed by atoms with E-state index in [9.17, 15) is 0 Å². The van der Waals surface area contributed by atoms with E-state index in [1.165, 1.54) is 11.1 Å². The summed E-state index contributed by atoms with van der Waals surface area (Å²) in [6, 6.07) is 12.7. The van der Waals surface area contributed by atoms with Gasteiger partial charge < -0.3 is 14.8 Å². The first kappa shape index (κ1) is 15.2. The Labute approximate surface area is 126 Å². The number of ether oxygens (including phenoxy) is 2. The minimum absolute atomic E-state index is 0.186. The van der Waals surface area contributed by atoms with Crippen molar-refractivity contribution in [3.8, 4) is 11.5 Å². The van der Waals surface area contributed by atoms with Crippen molar-refractivity contribution in [1.29, 1.82) is 0 Å². The fourth-order valence-corrected chi connectivity index (χ4v) is 2.51. The van der Waals surface area contributed by atoms with Crippen molar-refractivity contribution in [2.24, 2.45) is 0 Å². The van der Waals surface area contributed by atoms with Crippen molar-refractivity contribution in [3.05, 3.63) is 53.1 Å². The molecule has 1 unspecified atom stereocenters. The summed E-state index contributed by atoms with van der Waals surface area (Å²) < 4.78 is 10.6. The van der Waals surface area contributed by atoms with E-state index in [0.717, 1.165) is 22.7 Å². The molecule has 1 N–H and O–H groups in total. The average molecular weight is 285 g/mol. The molecule has 0 saturated carbocycles. The summed E-state index contributed by atoms with van der Waals surface area (Å²) in [5.41, 5.74) is 4.82. The molecule has 112 valence electrons. The van der Waals surface area contributed by atoms with Gasteiger partial charge in [-0.25, -0.2) is 0 Å². The van der Waals surface area contributed by atoms with E-state index in [-0.39, 0.29) is 6.04 Å². The van der Waals surface area contributed by atoms with Gasteiger partial charge in [-0.2, -0.15) is 0 Å². The molecule has 0 radical (unpaired) electrons. The smallest absolute Gasteiger partial charge is 0.161 e. The van der Waals surface area contributed by atoms with E-state index in [1.807, 2.05) is 12.1 Å². The lowest BCUT2D eigenvalue weighted by Crippen LogP contribution is -2.07. The van der Waals surface area contributed by atoms with Crippen molar-refractivity contribution in [3.63, 3.8) is 0 Å². The highest BCUT2D eigenvalue weighted by Crippen LogP contribution is 2.31. The summed E-state index contributed by atoms with van der Waals surface area (Å²) in [6.45, 7) is 6.36. The van der Waals surface area contributed by atoms with Crippen LogP contribution in [0, 0.1) is 13.8 Å². The molecule has 2 aromatic rings. The summed E-state index contributed by atoms with van der Waals surface area (Å²) in [6.07, 6.45) is 0. The number of aryl methyl sites for hydroxylation is 2. The quantitative estimate of drug-likeness (QED) is 0.877. The van der Waals surface area contributed by atoms with E-state index >= 15 is 0 Å². The predicted molar refractivity (Wildman–Crippen MR) is 87.5 cm³/mol. The Morgan fingerprint density at radius 3 is 2.05 bits per heavy atom. The molecular formula is C18H23NO2. The van der Waals surface area contributed by atoms with Crippen molar-refractivity contribution >= 4 is 5.69 Å². The molecule has 0 saturated heterocycles. The highest BCUT2D eigenvalue weighted by atomic mass is 16.5. The zero-order valence-corrected chi connectivity index (χ0v) is 13.4. The van der Waals surface area contributed by atoms with Crippen LogP contribution in [0.3, 0.4) is 0 Å². The molecule has 0 spiro atoms. The van der Waals surface area contributed by atoms with Crippen LogP contribution >= 0.6 is 0 Å². The lowest BCUT2D eigenvalue weighted by atomic mass is 10.1. The standard InChI is InChI=1S/C18H23NO2/c1-12-8-13(2)10-16(9-12)19-14(3)15-6-7-17(20-4)18(11-15)21-5/h6-11,14,19H,1-5H3. The predicted octanol–water partition coefficient (Wildman–Crippen LogP) is 4.49. The molecule has 0 aliphatic heterocycles. The first-order valence-electron chi connectivity index (χ1n) is 7.10. The average Bonchev–Trinajstić information content (AvgIpc) is 2.45. The molecule has 3 heteroatoms. The van der Waals surface area contributed by atoms with Crippen molar-refractivity contribution in [2.75, 3.05) is 19.5 Å². The number of nitrogens with one attached hydrogen (secondary N) is 1. The van der Waals surface area contributed by atoms with Crippen LogP contribution in [0.5, 0.6) is 11.5 Å². The molecule has 0 bridgehead atoms. The zero-order valence-electron chi connectivity index (χ0n) is 13.4. The fourth-order valence-electron chi connectivity index (χ4n) is 2.51. The van der Waals surface area contributed by atoms with Crippen LogP contribution in [0.4, 0.5) is 5.69 Å². The van der Waals surface area contributed by atoms with Crippen LogP contribution in [-0.4, -0.2) is 14.2 Å². The molecule has 0 aromatic heterocycles. The Hall–Kier alpha value is -2.16. The van der Waals surface area contributed by atoms with Crippen LogP contribution in [0.15, 0.2) is 36.4 Å². The minimum atomic E-state index is 0.186. The molecule has 3 nitrogen and oxygen atoms in total. The van der Waals surface area contributed by atoms with Gasteiger partial charge in [-0.1, -0.05) is 12.1 Å². The Kier molecular flexibility index (Phi) is 4.73. The third-order valence-corrected chi connectivity index (χ3v) is 3.51. The van der Waals surface area contributed by atoms with E-state index < -0.39 is 0 Å². The molecule has 0 fully saturated rings. The minimum Gasteiger partial charge on any atom is -0.493 e. The van der Waals surface area contributed by atoms with Crippen LogP contribution in [0.25, 0.3) is 0 Å². The molecule has 0 amide bonds. The van der Waals surface area contributed by atoms with Crippen LogP contribution in [-0.2, 0) is 0 Å². The number of methoxy groups -OCH3 is 2. The van der Waals surface area contributed by atoms with Gasteiger partial charge in [-0.05, 0) is 61.7 Å². The van der Waals surface area contributed by atoms with Gasteiger partial charge in [0.05, 0.1) is 14.2 Å². The lowest BCUT2D eigenvalue weighted by Gasteiger charge is -2.18. The van der Waals surface area contributed by atoms with Crippen LogP contribution in [0.1, 0.15) is 29.7 Å². The molecule has 0 aliphatic rings. The van der Waals surface area contributed by atoms with Gasteiger partial charge in [0.2, 0.25) is 0 Å². The third kappa shape index (κ3) is 3.69. The SMILES string of the molecule is COc1ccc(C(C)Nc2cc(C)cc(C)c2)cc1OC. The Morgan fingerprint density at radius 2 is 1.48 bits per heavy atom. The van der Waals surface area contributed by atoms with Crippen LogP contribution in [0.2, 0.25) is 0 Å². The topological polar surface area (TPSA) is 30.5 Å². The van der Waals surface area contributed by atoms with Crippen LogP contribution < -0.4 is 14.8 Å². The Balaban J connectivity index is 2.21. The molecule has 21 heavy (non-hydrogen) atoms. The summed E-state index contributed by atoms with van der Waals surface area (Å²) in [5.74, 6) is 1.50. The van der Waals surface area contributed by atoms with E-state index in [2.05, 4.69) is 50.4 Å². The number of rotatable bonds is 5. The summed E-state index contributed by atoms with van der Waals surface area (Å²) in [5, 5.41) is 3.53. The second-order valence-corrected chi connectivity index (χ2v) is 5.36. The Bertz CT molecular complexity index is 602. The maximum Gasteiger partial charge on any atom is 0.161 e. The first-order chi connectivity index (χ1) is 10.0. The monoisotopic (exact) mass is 285 g/mol. The number of anilines is 1. The maximum absolute atomic E-state index is 5.36. The van der Waals surface area contributed by atoms with Gasteiger partial charge in [0.1, 0.15) is 0 Å². The number of hydrogen-bond donors (Lipinski definition) is 1. The summed E-state index contributed by atoms with van der Waals surface area (Å²) in [7, 11) is 3.30. The molecule has 2 rings (SSSR count). The van der Waals surface area contributed by atoms with E-state index in [1.54, 1.807) is 14.2 Å². The van der Waals surface area contributed by atoms with Crippen molar-refractivity contribution < 1.29 is 9.47 Å². The van der Waals surface area contributed by atoms with Gasteiger partial charge in [0.25, 0.3) is 0 Å². The van der Waals surface area contributed by atoms with Gasteiger partial charge in [-0.15, -0.1) is 0 Å². The van der Waals surface area contributed by atoms with Crippen molar-refractivity contribution in [2.45, 2.75) is 26.8 Å². The molecule has 0 aliphatic carbocycles. The maximum atomic E-state index is 5.36. The molecule has 1 atom stereocenters. The summed E-state index contributed by atoms with van der Waals surface area (Å²) in [4.78, 5) is 0. The number of hydrogen-bond acceptors (Lipinski definition) is 3. The second-order valence-electron chi connectivity index (χ2n) is 5.36. The molecule has 0 heterocycles. The largest absolute Gasteiger partial charge is 0.493 e. The van der Waals surface area contributed by atoms with E-state index in [4.69, 9.17) is 9.47 Å². The second kappa shape index (κ2) is 6.53. The number of benzene rings is 2. The van der Waals surface area contributed by atoms with Gasteiger partial charge in [0.15, 0.2) is 11.5 Å². The lowest BCUT2D eigenvalue weighted by molar-refractivity contribution is 0.354. The Morgan fingerprint density at radius 1 is 0.857 bits per heavy atom. The molecular weight excluding hydrogens is 262 g/mol. The zero-order chi connectivity index (χ0) is 15.4. The van der Waals surface area contributed by atoms with Crippen molar-refractivity contribution in [1.82, 2.24) is 0 Å². The third-order valence-electron chi connectivity index (χ3n) is 3.51.